The summed E-state index contributed by atoms with van der Waals surface area (Å²) < 4.78 is 0. The summed E-state index contributed by atoms with van der Waals surface area (Å²) in [6.45, 7) is 12.7. The van der Waals surface area contributed by atoms with Crippen LogP contribution in [0.15, 0.2) is 0 Å². The quantitative estimate of drug-likeness (QED) is 0.690. The second-order valence-corrected chi connectivity index (χ2v) is 5.21. The smallest absolute Gasteiger partial charge is 0.0647 e. The summed E-state index contributed by atoms with van der Waals surface area (Å²) in [7, 11) is 0. The summed E-state index contributed by atoms with van der Waals surface area (Å²) in [5.74, 6) is 0.336. The van der Waals surface area contributed by atoms with Gasteiger partial charge in [0.2, 0.25) is 0 Å². The summed E-state index contributed by atoms with van der Waals surface area (Å²) in [5.41, 5.74) is -0.257. The fraction of sp³-hybridized carbons (Fsp3) is 1.00. The highest BCUT2D eigenvalue weighted by Crippen LogP contribution is 2.34. The first kappa shape index (κ1) is 12.0. The Balaban J connectivity index is 4.23. The Labute approximate surface area is 77.2 Å². The summed E-state index contributed by atoms with van der Waals surface area (Å²) >= 11 is 0. The van der Waals surface area contributed by atoms with Gasteiger partial charge in [-0.3, -0.25) is 0 Å². The zero-order valence-electron chi connectivity index (χ0n) is 9.44. The second kappa shape index (κ2) is 3.78. The Morgan fingerprint density at radius 3 is 1.83 bits per heavy atom. The molecule has 0 radical (unpaired) electrons. The van der Waals surface area contributed by atoms with Gasteiger partial charge in [0.15, 0.2) is 0 Å². The Morgan fingerprint density at radius 1 is 1.17 bits per heavy atom. The molecule has 0 saturated carbocycles. The zero-order chi connectivity index (χ0) is 9.99. The van der Waals surface area contributed by atoms with Crippen LogP contribution in [-0.2, 0) is 0 Å². The first-order valence-corrected chi connectivity index (χ1v) is 4.93. The molecule has 1 unspecified atom stereocenters. The number of rotatable bonds is 4. The molecule has 0 heterocycles. The van der Waals surface area contributed by atoms with E-state index in [9.17, 15) is 5.11 Å². The highest BCUT2D eigenvalue weighted by molar-refractivity contribution is 4.83. The van der Waals surface area contributed by atoms with E-state index in [1.165, 1.54) is 0 Å². The summed E-state index contributed by atoms with van der Waals surface area (Å²) in [6, 6.07) is 0. The van der Waals surface area contributed by atoms with Gasteiger partial charge in [0.05, 0.1) is 5.60 Å². The van der Waals surface area contributed by atoms with Crippen molar-refractivity contribution < 1.29 is 5.11 Å². The van der Waals surface area contributed by atoms with Crippen molar-refractivity contribution in [1.82, 2.24) is 0 Å². The Hall–Kier alpha value is -0.0400. The maximum atomic E-state index is 10.1. The lowest BCUT2D eigenvalue weighted by molar-refractivity contribution is -0.0258. The fourth-order valence-corrected chi connectivity index (χ4v) is 1.30. The van der Waals surface area contributed by atoms with Crippen LogP contribution in [0.4, 0.5) is 0 Å². The first-order valence-electron chi connectivity index (χ1n) is 4.93. The summed E-state index contributed by atoms with van der Waals surface area (Å²) in [4.78, 5) is 0. The van der Waals surface area contributed by atoms with Crippen LogP contribution in [0.3, 0.4) is 0 Å². The van der Waals surface area contributed by atoms with Crippen LogP contribution in [0.5, 0.6) is 0 Å². The van der Waals surface area contributed by atoms with E-state index in [-0.39, 0.29) is 5.41 Å². The Morgan fingerprint density at radius 2 is 1.58 bits per heavy atom. The highest BCUT2D eigenvalue weighted by Gasteiger charge is 2.31. The molecular formula is C11H24O. The van der Waals surface area contributed by atoms with E-state index >= 15 is 0 Å². The molecule has 1 nitrogen and oxygen atoms in total. The third-order valence-electron chi connectivity index (χ3n) is 3.04. The predicted octanol–water partition coefficient (Wildman–Crippen LogP) is 3.22. The van der Waals surface area contributed by atoms with Gasteiger partial charge in [-0.1, -0.05) is 41.0 Å². The lowest BCUT2D eigenvalue weighted by Gasteiger charge is -2.36. The van der Waals surface area contributed by atoms with Crippen molar-refractivity contribution in [2.45, 2.75) is 60.0 Å². The highest BCUT2D eigenvalue weighted by atomic mass is 16.3. The molecule has 0 bridgehead atoms. The molecule has 0 aliphatic heterocycles. The van der Waals surface area contributed by atoms with E-state index in [1.54, 1.807) is 0 Å². The largest absolute Gasteiger partial charge is 0.390 e. The van der Waals surface area contributed by atoms with Crippen LogP contribution in [0.2, 0.25) is 0 Å². The van der Waals surface area contributed by atoms with Crippen molar-refractivity contribution in [3.8, 4) is 0 Å². The molecule has 74 valence electrons. The summed E-state index contributed by atoms with van der Waals surface area (Å²) in [6.07, 6.45) is 2.00. The van der Waals surface area contributed by atoms with E-state index in [0.29, 0.717) is 5.92 Å². The Kier molecular flexibility index (Phi) is 3.77. The second-order valence-electron chi connectivity index (χ2n) is 5.21. The van der Waals surface area contributed by atoms with Crippen molar-refractivity contribution in [2.24, 2.45) is 11.3 Å². The minimum atomic E-state index is -0.514. The van der Waals surface area contributed by atoms with Gasteiger partial charge in [0.1, 0.15) is 0 Å². The average Bonchev–Trinajstić information content (AvgIpc) is 1.85. The van der Waals surface area contributed by atoms with Gasteiger partial charge in [-0.05, 0) is 24.7 Å². The monoisotopic (exact) mass is 172 g/mol. The van der Waals surface area contributed by atoms with E-state index in [4.69, 9.17) is 0 Å². The van der Waals surface area contributed by atoms with Crippen LogP contribution in [0, 0.1) is 11.3 Å². The van der Waals surface area contributed by atoms with Gasteiger partial charge in [-0.15, -0.1) is 0 Å². The van der Waals surface area contributed by atoms with Crippen LogP contribution in [-0.4, -0.2) is 10.7 Å². The number of hydrogen-bond donors (Lipinski definition) is 1. The zero-order valence-corrected chi connectivity index (χ0v) is 9.44. The number of hydrogen-bond acceptors (Lipinski definition) is 1. The van der Waals surface area contributed by atoms with Gasteiger partial charge in [0.25, 0.3) is 0 Å². The molecule has 0 rings (SSSR count). The first-order chi connectivity index (χ1) is 5.21. The molecule has 12 heavy (non-hydrogen) atoms. The Bertz CT molecular complexity index is 134. The van der Waals surface area contributed by atoms with Crippen molar-refractivity contribution in [2.75, 3.05) is 0 Å². The molecule has 0 aliphatic rings. The molecule has 0 amide bonds. The lowest BCUT2D eigenvalue weighted by Crippen LogP contribution is -2.36. The normalized spacial score (nSPS) is 18.0. The molecule has 0 saturated heterocycles. The third kappa shape index (κ3) is 3.57. The molecule has 0 aromatic carbocycles. The third-order valence-corrected chi connectivity index (χ3v) is 3.04. The van der Waals surface area contributed by atoms with Crippen molar-refractivity contribution in [3.63, 3.8) is 0 Å². The van der Waals surface area contributed by atoms with Gasteiger partial charge in [0, 0.05) is 0 Å². The molecule has 0 aromatic rings. The van der Waals surface area contributed by atoms with Crippen LogP contribution in [0.25, 0.3) is 0 Å². The maximum absolute atomic E-state index is 10.1. The van der Waals surface area contributed by atoms with Crippen LogP contribution < -0.4 is 0 Å². The fourth-order valence-electron chi connectivity index (χ4n) is 1.30. The van der Waals surface area contributed by atoms with Crippen LogP contribution >= 0.6 is 0 Å². The molecule has 0 spiro atoms. The van der Waals surface area contributed by atoms with E-state index in [0.717, 1.165) is 12.8 Å². The van der Waals surface area contributed by atoms with Gasteiger partial charge >= 0.3 is 0 Å². The minimum Gasteiger partial charge on any atom is -0.390 e. The SMILES string of the molecule is CCC(C)(C)CC(C)(O)C(C)C. The molecule has 1 heteroatoms. The van der Waals surface area contributed by atoms with Crippen molar-refractivity contribution in [3.05, 3.63) is 0 Å². The van der Waals surface area contributed by atoms with E-state index in [2.05, 4.69) is 34.6 Å². The van der Waals surface area contributed by atoms with E-state index in [1.807, 2.05) is 6.92 Å². The standard InChI is InChI=1S/C11H24O/c1-7-10(4,5)8-11(6,12)9(2)3/h9,12H,7-8H2,1-6H3. The molecular weight excluding hydrogens is 148 g/mol. The minimum absolute atomic E-state index is 0.258. The molecule has 0 fully saturated rings. The number of aliphatic hydroxyl groups is 1. The maximum Gasteiger partial charge on any atom is 0.0647 e. The van der Waals surface area contributed by atoms with E-state index < -0.39 is 5.60 Å². The van der Waals surface area contributed by atoms with Crippen LogP contribution in [0.1, 0.15) is 54.4 Å². The average molecular weight is 172 g/mol. The predicted molar refractivity (Wildman–Crippen MR) is 54.2 cm³/mol. The van der Waals surface area contributed by atoms with Gasteiger partial charge in [-0.25, -0.2) is 0 Å². The van der Waals surface area contributed by atoms with Gasteiger partial charge in [-0.2, -0.15) is 0 Å². The lowest BCUT2D eigenvalue weighted by atomic mass is 9.75. The molecule has 0 aliphatic carbocycles. The molecule has 1 N–H and O–H groups in total. The van der Waals surface area contributed by atoms with Crippen molar-refractivity contribution >= 4 is 0 Å². The topological polar surface area (TPSA) is 20.2 Å². The van der Waals surface area contributed by atoms with Crippen molar-refractivity contribution in [1.29, 1.82) is 0 Å². The molecule has 0 aromatic heterocycles. The van der Waals surface area contributed by atoms with Gasteiger partial charge < -0.3 is 5.11 Å². The molecule has 1 atom stereocenters. The summed E-state index contributed by atoms with van der Waals surface area (Å²) in [5, 5.41) is 10.1.